The summed E-state index contributed by atoms with van der Waals surface area (Å²) in [6.07, 6.45) is 1.59. The van der Waals surface area contributed by atoms with Gasteiger partial charge in [-0.3, -0.25) is 14.6 Å². The van der Waals surface area contributed by atoms with Crippen LogP contribution < -0.4 is 11.1 Å². The van der Waals surface area contributed by atoms with E-state index < -0.39 is 5.41 Å². The third-order valence-electron chi connectivity index (χ3n) is 5.65. The van der Waals surface area contributed by atoms with Crippen molar-refractivity contribution in [2.75, 3.05) is 45.8 Å². The molecule has 0 aromatic heterocycles. The standard InChI is InChI=1S/C20H34N4O/c1-3-20(4-2,17-21)19(25)22-10-11-23-12-14-24(15-13-23)16-18-8-6-5-7-9-18/h5-9H,3-4,10-17,21H2,1-2H3,(H,22,25). The fraction of sp³-hybridized carbons (Fsp3) is 0.650. The summed E-state index contributed by atoms with van der Waals surface area (Å²) in [7, 11) is 0. The Morgan fingerprint density at radius 3 is 2.24 bits per heavy atom. The Morgan fingerprint density at radius 2 is 1.68 bits per heavy atom. The summed E-state index contributed by atoms with van der Waals surface area (Å²) in [6.45, 7) is 11.4. The minimum absolute atomic E-state index is 0.114. The molecule has 1 aliphatic heterocycles. The summed E-state index contributed by atoms with van der Waals surface area (Å²) in [4.78, 5) is 17.4. The van der Waals surface area contributed by atoms with Gasteiger partial charge in [-0.05, 0) is 18.4 Å². The van der Waals surface area contributed by atoms with Crippen molar-refractivity contribution < 1.29 is 4.79 Å². The molecule has 1 aromatic carbocycles. The van der Waals surface area contributed by atoms with Crippen LogP contribution in [0.5, 0.6) is 0 Å². The molecule has 0 atom stereocenters. The first-order valence-corrected chi connectivity index (χ1v) is 9.60. The maximum Gasteiger partial charge on any atom is 0.227 e. The lowest BCUT2D eigenvalue weighted by Gasteiger charge is -2.35. The maximum absolute atomic E-state index is 12.4. The predicted molar refractivity (Wildman–Crippen MR) is 103 cm³/mol. The summed E-state index contributed by atoms with van der Waals surface area (Å²) >= 11 is 0. The van der Waals surface area contributed by atoms with Gasteiger partial charge in [0.15, 0.2) is 0 Å². The summed E-state index contributed by atoms with van der Waals surface area (Å²) in [6, 6.07) is 10.6. The third-order valence-corrected chi connectivity index (χ3v) is 5.65. The Morgan fingerprint density at radius 1 is 1.08 bits per heavy atom. The average Bonchev–Trinajstić information content (AvgIpc) is 2.66. The molecule has 1 heterocycles. The SMILES string of the molecule is CCC(CC)(CN)C(=O)NCCN1CCN(Cc2ccccc2)CC1. The molecular formula is C20H34N4O. The van der Waals surface area contributed by atoms with E-state index in [1.165, 1.54) is 5.56 Å². The first-order chi connectivity index (χ1) is 12.1. The van der Waals surface area contributed by atoms with Crippen LogP contribution in [-0.4, -0.2) is 61.5 Å². The molecule has 0 bridgehead atoms. The number of carbonyl (C=O) groups is 1. The summed E-state index contributed by atoms with van der Waals surface area (Å²) < 4.78 is 0. The highest BCUT2D eigenvalue weighted by molar-refractivity contribution is 5.82. The first kappa shape index (κ1) is 19.9. The van der Waals surface area contributed by atoms with E-state index >= 15 is 0 Å². The molecule has 1 aliphatic rings. The second-order valence-electron chi connectivity index (χ2n) is 7.05. The molecule has 1 saturated heterocycles. The van der Waals surface area contributed by atoms with Gasteiger partial charge in [0.1, 0.15) is 0 Å². The monoisotopic (exact) mass is 346 g/mol. The smallest absolute Gasteiger partial charge is 0.227 e. The Balaban J connectivity index is 1.68. The molecule has 0 aliphatic carbocycles. The van der Waals surface area contributed by atoms with Crippen molar-refractivity contribution in [1.29, 1.82) is 0 Å². The Bertz CT molecular complexity index is 499. The largest absolute Gasteiger partial charge is 0.354 e. The van der Waals surface area contributed by atoms with E-state index in [0.29, 0.717) is 13.1 Å². The highest BCUT2D eigenvalue weighted by Crippen LogP contribution is 2.24. The zero-order valence-corrected chi connectivity index (χ0v) is 15.8. The molecule has 0 radical (unpaired) electrons. The molecule has 3 N–H and O–H groups in total. The van der Waals surface area contributed by atoms with Crippen LogP contribution >= 0.6 is 0 Å². The molecule has 2 rings (SSSR count). The van der Waals surface area contributed by atoms with Crippen LogP contribution in [0.2, 0.25) is 0 Å². The number of amides is 1. The molecular weight excluding hydrogens is 312 g/mol. The van der Waals surface area contributed by atoms with Crippen molar-refractivity contribution in [3.05, 3.63) is 35.9 Å². The van der Waals surface area contributed by atoms with Gasteiger partial charge in [-0.15, -0.1) is 0 Å². The van der Waals surface area contributed by atoms with Crippen LogP contribution in [0, 0.1) is 5.41 Å². The van der Waals surface area contributed by atoms with Crippen molar-refractivity contribution in [3.8, 4) is 0 Å². The average molecular weight is 347 g/mol. The number of hydrogen-bond donors (Lipinski definition) is 2. The molecule has 0 unspecified atom stereocenters. The molecule has 1 amide bonds. The Labute approximate surface area is 152 Å². The van der Waals surface area contributed by atoms with Gasteiger partial charge in [-0.2, -0.15) is 0 Å². The van der Waals surface area contributed by atoms with E-state index in [4.69, 9.17) is 5.73 Å². The summed E-state index contributed by atoms with van der Waals surface area (Å²) in [5.41, 5.74) is 6.83. The van der Waals surface area contributed by atoms with Crippen LogP contribution in [0.1, 0.15) is 32.3 Å². The van der Waals surface area contributed by atoms with E-state index in [1.54, 1.807) is 0 Å². The van der Waals surface area contributed by atoms with Crippen LogP contribution in [0.25, 0.3) is 0 Å². The molecule has 140 valence electrons. The molecule has 0 spiro atoms. The van der Waals surface area contributed by atoms with Crippen molar-refractivity contribution in [2.24, 2.45) is 11.1 Å². The maximum atomic E-state index is 12.4. The van der Waals surface area contributed by atoms with Crippen molar-refractivity contribution in [1.82, 2.24) is 15.1 Å². The molecule has 0 saturated carbocycles. The minimum atomic E-state index is -0.394. The quantitative estimate of drug-likeness (QED) is 0.714. The third kappa shape index (κ3) is 5.53. The lowest BCUT2D eigenvalue weighted by atomic mass is 9.81. The Hall–Kier alpha value is -1.43. The number of nitrogens with zero attached hydrogens (tertiary/aromatic N) is 2. The number of benzene rings is 1. The zero-order chi connectivity index (χ0) is 18.1. The zero-order valence-electron chi connectivity index (χ0n) is 15.8. The fourth-order valence-corrected chi connectivity index (χ4v) is 3.48. The molecule has 1 fully saturated rings. The van der Waals surface area contributed by atoms with Gasteiger partial charge in [-0.1, -0.05) is 44.2 Å². The van der Waals surface area contributed by atoms with Gasteiger partial charge in [0.05, 0.1) is 5.41 Å². The lowest BCUT2D eigenvalue weighted by molar-refractivity contribution is -0.131. The Kier molecular flexibility index (Phi) is 7.88. The topological polar surface area (TPSA) is 61.6 Å². The van der Waals surface area contributed by atoms with Crippen molar-refractivity contribution in [3.63, 3.8) is 0 Å². The molecule has 5 heteroatoms. The number of nitrogens with two attached hydrogens (primary N) is 1. The van der Waals surface area contributed by atoms with Crippen LogP contribution in [0.3, 0.4) is 0 Å². The first-order valence-electron chi connectivity index (χ1n) is 9.60. The van der Waals surface area contributed by atoms with Gasteiger partial charge >= 0.3 is 0 Å². The number of nitrogens with one attached hydrogen (secondary N) is 1. The van der Waals surface area contributed by atoms with Gasteiger partial charge in [0.2, 0.25) is 5.91 Å². The van der Waals surface area contributed by atoms with E-state index in [0.717, 1.165) is 52.1 Å². The van der Waals surface area contributed by atoms with Crippen LogP contribution in [0.15, 0.2) is 30.3 Å². The molecule has 1 aromatic rings. The van der Waals surface area contributed by atoms with Crippen LogP contribution in [0.4, 0.5) is 0 Å². The van der Waals surface area contributed by atoms with Crippen LogP contribution in [-0.2, 0) is 11.3 Å². The van der Waals surface area contributed by atoms with Crippen molar-refractivity contribution >= 4 is 5.91 Å². The van der Waals surface area contributed by atoms with E-state index in [1.807, 2.05) is 13.8 Å². The molecule has 25 heavy (non-hydrogen) atoms. The van der Waals surface area contributed by atoms with Gasteiger partial charge in [-0.25, -0.2) is 0 Å². The highest BCUT2D eigenvalue weighted by atomic mass is 16.2. The number of carbonyl (C=O) groups excluding carboxylic acids is 1. The molecule has 5 nitrogen and oxygen atoms in total. The van der Waals surface area contributed by atoms with Crippen molar-refractivity contribution in [2.45, 2.75) is 33.2 Å². The van der Waals surface area contributed by atoms with Gasteiger partial charge < -0.3 is 11.1 Å². The van der Waals surface area contributed by atoms with E-state index in [-0.39, 0.29) is 5.91 Å². The lowest BCUT2D eigenvalue weighted by Crippen LogP contribution is -2.50. The second kappa shape index (κ2) is 9.90. The predicted octanol–water partition coefficient (Wildman–Crippen LogP) is 1.69. The normalized spacial score (nSPS) is 16.8. The summed E-state index contributed by atoms with van der Waals surface area (Å²) in [5.74, 6) is 0.114. The van der Waals surface area contributed by atoms with E-state index in [9.17, 15) is 4.79 Å². The van der Waals surface area contributed by atoms with Gasteiger partial charge in [0.25, 0.3) is 0 Å². The number of hydrogen-bond acceptors (Lipinski definition) is 4. The number of rotatable bonds is 9. The van der Waals surface area contributed by atoms with E-state index in [2.05, 4.69) is 45.4 Å². The number of piperazine rings is 1. The fourth-order valence-electron chi connectivity index (χ4n) is 3.48. The van der Waals surface area contributed by atoms with Gasteiger partial charge in [0, 0.05) is 52.4 Å². The highest BCUT2D eigenvalue weighted by Gasteiger charge is 2.33. The second-order valence-corrected chi connectivity index (χ2v) is 7.05. The summed E-state index contributed by atoms with van der Waals surface area (Å²) in [5, 5.41) is 3.10. The minimum Gasteiger partial charge on any atom is -0.354 e.